The lowest BCUT2D eigenvalue weighted by molar-refractivity contribution is -0.118. The Labute approximate surface area is 202 Å². The maximum atomic E-state index is 13.2. The number of benzene rings is 2. The van der Waals surface area contributed by atoms with Gasteiger partial charge in [-0.15, -0.1) is 0 Å². The van der Waals surface area contributed by atoms with E-state index in [0.29, 0.717) is 10.7 Å². The van der Waals surface area contributed by atoms with Crippen LogP contribution in [0.25, 0.3) is 22.0 Å². The summed E-state index contributed by atoms with van der Waals surface area (Å²) in [5.74, 6) is 0.0625. The Morgan fingerprint density at radius 2 is 1.82 bits per heavy atom. The zero-order valence-electron chi connectivity index (χ0n) is 19.6. The second kappa shape index (κ2) is 10.0. The van der Waals surface area contributed by atoms with Crippen LogP contribution in [0.5, 0.6) is 0 Å². The molecule has 34 heavy (non-hydrogen) atoms. The molecule has 0 spiro atoms. The number of nitrogens with zero attached hydrogens (tertiary/aromatic N) is 3. The van der Waals surface area contributed by atoms with E-state index in [2.05, 4.69) is 15.6 Å². The minimum atomic E-state index is -0.714. The molecule has 0 aliphatic carbocycles. The van der Waals surface area contributed by atoms with Gasteiger partial charge in [0.1, 0.15) is 6.04 Å². The van der Waals surface area contributed by atoms with Crippen molar-refractivity contribution in [1.82, 2.24) is 19.9 Å². The molecule has 4 rings (SSSR count). The van der Waals surface area contributed by atoms with Crippen LogP contribution in [0.1, 0.15) is 29.8 Å². The first kappa shape index (κ1) is 23.4. The summed E-state index contributed by atoms with van der Waals surface area (Å²) in [4.78, 5) is 36.1. The number of carbonyl (C=O) groups is 2. The van der Waals surface area contributed by atoms with E-state index in [9.17, 15) is 9.59 Å². The number of aryl methyl sites for hydroxylation is 2. The van der Waals surface area contributed by atoms with E-state index in [4.69, 9.17) is 4.98 Å². The van der Waals surface area contributed by atoms with Crippen molar-refractivity contribution >= 4 is 28.3 Å². The van der Waals surface area contributed by atoms with Crippen LogP contribution in [0, 0.1) is 12.8 Å². The Morgan fingerprint density at radius 3 is 2.47 bits per heavy atom. The van der Waals surface area contributed by atoms with Gasteiger partial charge in [0.15, 0.2) is 11.0 Å². The minimum Gasteiger partial charge on any atom is -0.340 e. The van der Waals surface area contributed by atoms with Crippen molar-refractivity contribution in [2.24, 2.45) is 13.0 Å². The van der Waals surface area contributed by atoms with E-state index in [1.54, 1.807) is 18.3 Å². The number of rotatable bonds is 7. The maximum absolute atomic E-state index is 13.2. The topological polar surface area (TPSA) is 88.9 Å². The summed E-state index contributed by atoms with van der Waals surface area (Å²) in [5, 5.41) is 6.26. The molecule has 0 saturated heterocycles. The van der Waals surface area contributed by atoms with E-state index in [-0.39, 0.29) is 17.7 Å². The van der Waals surface area contributed by atoms with Gasteiger partial charge >= 0.3 is 0 Å². The Bertz CT molecular complexity index is 1310. The Balaban J connectivity index is 1.60. The monoisotopic (exact) mass is 473 g/mol. The third-order valence-electron chi connectivity index (χ3n) is 5.44. The molecule has 0 saturated carbocycles. The predicted molar refractivity (Wildman–Crippen MR) is 136 cm³/mol. The molecule has 1 unspecified atom stereocenters. The van der Waals surface area contributed by atoms with E-state index in [1.807, 2.05) is 81.0 Å². The molecule has 0 aliphatic heterocycles. The van der Waals surface area contributed by atoms with Crippen LogP contribution in [-0.2, 0) is 11.8 Å². The van der Waals surface area contributed by atoms with Gasteiger partial charge in [0, 0.05) is 30.6 Å². The number of hydrogen-bond donors (Lipinski definition) is 2. The molecule has 2 aromatic heterocycles. The van der Waals surface area contributed by atoms with Gasteiger partial charge in [-0.1, -0.05) is 73.2 Å². The molecule has 2 N–H and O–H groups in total. The molecule has 2 heterocycles. The van der Waals surface area contributed by atoms with E-state index in [1.165, 1.54) is 11.3 Å². The molecule has 2 aromatic carbocycles. The summed E-state index contributed by atoms with van der Waals surface area (Å²) in [6.07, 6.45) is 3.61. The quantitative estimate of drug-likeness (QED) is 0.399. The van der Waals surface area contributed by atoms with Gasteiger partial charge in [-0.05, 0) is 25.0 Å². The van der Waals surface area contributed by atoms with Crippen molar-refractivity contribution in [3.8, 4) is 22.0 Å². The fourth-order valence-electron chi connectivity index (χ4n) is 3.63. The smallest absolute Gasteiger partial charge is 0.251 e. The van der Waals surface area contributed by atoms with Gasteiger partial charge in [-0.25, -0.2) is 9.97 Å². The number of imidazole rings is 1. The van der Waals surface area contributed by atoms with Crippen molar-refractivity contribution in [3.63, 3.8) is 0 Å². The molecule has 0 bridgehead atoms. The summed E-state index contributed by atoms with van der Waals surface area (Å²) in [6.45, 7) is 5.73. The highest BCUT2D eigenvalue weighted by Crippen LogP contribution is 2.38. The first-order chi connectivity index (χ1) is 16.3. The van der Waals surface area contributed by atoms with Crippen LogP contribution in [0.3, 0.4) is 0 Å². The average molecular weight is 474 g/mol. The zero-order chi connectivity index (χ0) is 24.2. The highest BCUT2D eigenvalue weighted by Gasteiger charge is 2.27. The minimum absolute atomic E-state index is 0.115. The SMILES string of the molecule is Cc1cccc(C(=O)NC(C(=O)Nc2nc(-c3ccccc3)c(-c3nccn3C)s2)C(C)C)c1. The molecule has 1 atom stereocenters. The van der Waals surface area contributed by atoms with Gasteiger partial charge in [-0.3, -0.25) is 9.59 Å². The number of anilines is 1. The Kier molecular flexibility index (Phi) is 6.88. The fraction of sp³-hybridized carbons (Fsp3) is 0.231. The summed E-state index contributed by atoms with van der Waals surface area (Å²) in [7, 11) is 1.92. The molecule has 0 radical (unpaired) electrons. The third kappa shape index (κ3) is 5.07. The van der Waals surface area contributed by atoms with Gasteiger partial charge in [0.25, 0.3) is 5.91 Å². The first-order valence-electron chi connectivity index (χ1n) is 11.1. The van der Waals surface area contributed by atoms with Crippen molar-refractivity contribution in [1.29, 1.82) is 0 Å². The van der Waals surface area contributed by atoms with Crippen LogP contribution in [-0.4, -0.2) is 32.4 Å². The van der Waals surface area contributed by atoms with Crippen LogP contribution < -0.4 is 10.6 Å². The lowest BCUT2D eigenvalue weighted by atomic mass is 10.0. The maximum Gasteiger partial charge on any atom is 0.251 e. The lowest BCUT2D eigenvalue weighted by Gasteiger charge is -2.21. The average Bonchev–Trinajstić information content (AvgIpc) is 3.43. The first-order valence-corrected chi connectivity index (χ1v) is 11.9. The summed E-state index contributed by atoms with van der Waals surface area (Å²) < 4.78 is 1.92. The second-order valence-corrected chi connectivity index (χ2v) is 9.48. The predicted octanol–water partition coefficient (Wildman–Crippen LogP) is 4.91. The van der Waals surface area contributed by atoms with E-state index < -0.39 is 6.04 Å². The molecule has 4 aromatic rings. The van der Waals surface area contributed by atoms with E-state index >= 15 is 0 Å². The third-order valence-corrected chi connectivity index (χ3v) is 6.41. The Morgan fingerprint density at radius 1 is 1.06 bits per heavy atom. The van der Waals surface area contributed by atoms with Crippen LogP contribution in [0.2, 0.25) is 0 Å². The molecular formula is C26H27N5O2S. The van der Waals surface area contributed by atoms with Crippen molar-refractivity contribution in [2.75, 3.05) is 5.32 Å². The van der Waals surface area contributed by atoms with Gasteiger partial charge in [0.2, 0.25) is 5.91 Å². The van der Waals surface area contributed by atoms with Crippen LogP contribution in [0.15, 0.2) is 67.0 Å². The van der Waals surface area contributed by atoms with Crippen molar-refractivity contribution in [2.45, 2.75) is 26.8 Å². The van der Waals surface area contributed by atoms with E-state index in [0.717, 1.165) is 27.5 Å². The highest BCUT2D eigenvalue weighted by atomic mass is 32.1. The van der Waals surface area contributed by atoms with Gasteiger partial charge < -0.3 is 15.2 Å². The number of nitrogens with one attached hydrogen (secondary N) is 2. The number of carbonyl (C=O) groups excluding carboxylic acids is 2. The van der Waals surface area contributed by atoms with Crippen LogP contribution >= 0.6 is 11.3 Å². The van der Waals surface area contributed by atoms with Crippen LogP contribution in [0.4, 0.5) is 5.13 Å². The molecule has 0 fully saturated rings. The number of hydrogen-bond acceptors (Lipinski definition) is 5. The largest absolute Gasteiger partial charge is 0.340 e. The molecule has 2 amide bonds. The normalized spacial score (nSPS) is 11.9. The standard InChI is InChI=1S/C26H27N5O2S/c1-16(2)20(28-24(32)19-12-8-9-17(3)15-19)25(33)30-26-29-21(18-10-6-5-7-11-18)22(34-26)23-27-13-14-31(23)4/h5-16,20H,1-4H3,(H,28,32)(H,29,30,33). The molecule has 0 aliphatic rings. The highest BCUT2D eigenvalue weighted by molar-refractivity contribution is 7.19. The van der Waals surface area contributed by atoms with Crippen molar-refractivity contribution < 1.29 is 9.59 Å². The second-order valence-electron chi connectivity index (χ2n) is 8.48. The summed E-state index contributed by atoms with van der Waals surface area (Å²) in [6, 6.07) is 16.4. The van der Waals surface area contributed by atoms with Crippen molar-refractivity contribution in [3.05, 3.63) is 78.1 Å². The lowest BCUT2D eigenvalue weighted by Crippen LogP contribution is -2.47. The van der Waals surface area contributed by atoms with Gasteiger partial charge in [-0.2, -0.15) is 0 Å². The molecular weight excluding hydrogens is 446 g/mol. The number of thiazole rings is 1. The van der Waals surface area contributed by atoms with Gasteiger partial charge in [0.05, 0.1) is 10.6 Å². The Hall–Kier alpha value is -3.78. The fourth-order valence-corrected chi connectivity index (χ4v) is 4.66. The molecule has 7 nitrogen and oxygen atoms in total. The molecule has 174 valence electrons. The number of aromatic nitrogens is 3. The molecule has 8 heteroatoms. The zero-order valence-corrected chi connectivity index (χ0v) is 20.4. The number of amides is 2. The summed E-state index contributed by atoms with van der Waals surface area (Å²) >= 11 is 1.36. The summed E-state index contributed by atoms with van der Waals surface area (Å²) in [5.41, 5.74) is 3.19.